The van der Waals surface area contributed by atoms with Gasteiger partial charge in [-0.15, -0.1) is 0 Å². The maximum Gasteiger partial charge on any atom is 0.293 e. The molecule has 14 heavy (non-hydrogen) atoms. The lowest BCUT2D eigenvalue weighted by molar-refractivity contribution is -0.383. The Morgan fingerprint density at radius 1 is 1.43 bits per heavy atom. The van der Waals surface area contributed by atoms with Crippen LogP contribution in [0.25, 0.3) is 10.9 Å². The number of nitro groups is 1. The number of aromatic nitrogens is 1. The highest BCUT2D eigenvalue weighted by molar-refractivity contribution is 5.92. The third kappa shape index (κ3) is 1.02. The summed E-state index contributed by atoms with van der Waals surface area (Å²) in [4.78, 5) is 12.9. The molecule has 1 N–H and O–H groups in total. The molecule has 0 aliphatic rings. The molecule has 0 saturated heterocycles. The molecule has 5 heteroatoms. The molecule has 0 aliphatic carbocycles. The zero-order chi connectivity index (χ0) is 10.1. The van der Waals surface area contributed by atoms with Gasteiger partial charge in [0.2, 0.25) is 0 Å². The highest BCUT2D eigenvalue weighted by Gasteiger charge is 2.14. The summed E-state index contributed by atoms with van der Waals surface area (Å²) in [5.74, 6) is 0. The molecule has 0 radical (unpaired) electrons. The summed E-state index contributed by atoms with van der Waals surface area (Å²) in [6, 6.07) is 6.42. The molecule has 1 heterocycles. The number of H-pyrrole nitrogens is 1. The van der Waals surface area contributed by atoms with Gasteiger partial charge in [0.25, 0.3) is 5.69 Å². The largest absolute Gasteiger partial charge is 0.356 e. The number of nitrogens with one attached hydrogen (secondary N) is 1. The molecule has 1 aromatic heterocycles. The fraction of sp³-hybridized carbons (Fsp3) is 0. The van der Waals surface area contributed by atoms with Crippen LogP contribution in [0.4, 0.5) is 5.69 Å². The predicted octanol–water partition coefficient (Wildman–Crippen LogP) is 1.95. The minimum Gasteiger partial charge on any atom is -0.356 e. The second kappa shape index (κ2) is 2.85. The molecular weight excluding hydrogens is 182 g/mol. The van der Waals surface area contributed by atoms with Gasteiger partial charge in [-0.3, -0.25) is 10.1 Å². The molecule has 0 spiro atoms. The van der Waals surface area contributed by atoms with E-state index in [1.807, 2.05) is 6.07 Å². The van der Waals surface area contributed by atoms with E-state index in [2.05, 4.69) is 4.98 Å². The lowest BCUT2D eigenvalue weighted by atomic mass is 10.1. The second-order valence-corrected chi connectivity index (χ2v) is 2.77. The highest BCUT2D eigenvalue weighted by Crippen LogP contribution is 2.26. The monoisotopic (exact) mass is 187 g/mol. The van der Waals surface area contributed by atoms with E-state index in [0.29, 0.717) is 16.5 Å². The fourth-order valence-electron chi connectivity index (χ4n) is 1.39. The zero-order valence-corrected chi connectivity index (χ0v) is 7.02. The van der Waals surface area contributed by atoms with E-state index in [9.17, 15) is 10.1 Å². The molecule has 0 fully saturated rings. The summed E-state index contributed by atoms with van der Waals surface area (Å²) in [6.45, 7) is 0. The van der Waals surface area contributed by atoms with Gasteiger partial charge in [0.05, 0.1) is 16.6 Å². The van der Waals surface area contributed by atoms with Crippen molar-refractivity contribution in [2.24, 2.45) is 0 Å². The molecule has 68 valence electrons. The number of rotatable bonds is 1. The maximum atomic E-state index is 10.6. The van der Waals surface area contributed by atoms with Crippen molar-refractivity contribution in [3.63, 3.8) is 0 Å². The number of nitrogens with zero attached hydrogens (tertiary/aromatic N) is 2. The third-order valence-corrected chi connectivity index (χ3v) is 2.02. The Hall–Kier alpha value is -2.35. The number of nitro benzene ring substituents is 1. The SMILES string of the molecule is N#Cc1ccc([N+](=O)[O-])c2[nH]ccc12. The van der Waals surface area contributed by atoms with E-state index in [1.54, 1.807) is 12.3 Å². The summed E-state index contributed by atoms with van der Waals surface area (Å²) in [6.07, 6.45) is 1.58. The summed E-state index contributed by atoms with van der Waals surface area (Å²) in [7, 11) is 0. The predicted molar refractivity (Wildman–Crippen MR) is 49.7 cm³/mol. The Labute approximate surface area is 78.7 Å². The first-order valence-electron chi connectivity index (χ1n) is 3.88. The Bertz CT molecular complexity index is 551. The minimum absolute atomic E-state index is 0.0102. The summed E-state index contributed by atoms with van der Waals surface area (Å²) in [5.41, 5.74) is 0.824. The first-order chi connectivity index (χ1) is 6.74. The molecule has 2 aromatic rings. The van der Waals surface area contributed by atoms with Crippen molar-refractivity contribution in [3.05, 3.63) is 40.1 Å². The average Bonchev–Trinajstić information content (AvgIpc) is 2.64. The van der Waals surface area contributed by atoms with Gasteiger partial charge in [-0.1, -0.05) is 0 Å². The fourth-order valence-corrected chi connectivity index (χ4v) is 1.39. The smallest absolute Gasteiger partial charge is 0.293 e. The number of hydrogen-bond acceptors (Lipinski definition) is 3. The third-order valence-electron chi connectivity index (χ3n) is 2.02. The standard InChI is InChI=1S/C9H5N3O2/c10-5-6-1-2-8(12(13)14)9-7(6)3-4-11-9/h1-4,11H. The number of benzene rings is 1. The van der Waals surface area contributed by atoms with Crippen LogP contribution in [0.15, 0.2) is 24.4 Å². The van der Waals surface area contributed by atoms with Gasteiger partial charge in [-0.05, 0) is 12.1 Å². The summed E-state index contributed by atoms with van der Waals surface area (Å²) in [5, 5.41) is 19.9. The van der Waals surface area contributed by atoms with Gasteiger partial charge in [0.1, 0.15) is 5.52 Å². The lowest BCUT2D eigenvalue weighted by Gasteiger charge is -1.95. The molecule has 1 aromatic carbocycles. The minimum atomic E-state index is -0.472. The molecule has 0 amide bonds. The van der Waals surface area contributed by atoms with E-state index >= 15 is 0 Å². The Morgan fingerprint density at radius 3 is 2.86 bits per heavy atom. The van der Waals surface area contributed by atoms with Gasteiger partial charge in [-0.25, -0.2) is 0 Å². The van der Waals surface area contributed by atoms with Crippen LogP contribution in [0.1, 0.15) is 5.56 Å². The van der Waals surface area contributed by atoms with E-state index < -0.39 is 4.92 Å². The van der Waals surface area contributed by atoms with E-state index in [-0.39, 0.29) is 5.69 Å². The topological polar surface area (TPSA) is 82.7 Å². The zero-order valence-electron chi connectivity index (χ0n) is 7.02. The first kappa shape index (κ1) is 8.26. The van der Waals surface area contributed by atoms with Crippen molar-refractivity contribution >= 4 is 16.6 Å². The number of fused-ring (bicyclic) bond motifs is 1. The van der Waals surface area contributed by atoms with Gasteiger partial charge in [0, 0.05) is 17.6 Å². The summed E-state index contributed by atoms with van der Waals surface area (Å²) < 4.78 is 0. The van der Waals surface area contributed by atoms with E-state index in [4.69, 9.17) is 5.26 Å². The quantitative estimate of drug-likeness (QED) is 0.547. The van der Waals surface area contributed by atoms with Crippen LogP contribution in [-0.2, 0) is 0 Å². The van der Waals surface area contributed by atoms with Gasteiger partial charge in [-0.2, -0.15) is 5.26 Å². The van der Waals surface area contributed by atoms with Crippen molar-refractivity contribution < 1.29 is 4.92 Å². The number of non-ortho nitro benzene ring substituents is 1. The summed E-state index contributed by atoms with van der Waals surface area (Å²) >= 11 is 0. The van der Waals surface area contributed by atoms with Crippen molar-refractivity contribution in [2.45, 2.75) is 0 Å². The number of aromatic amines is 1. The van der Waals surface area contributed by atoms with Gasteiger partial charge >= 0.3 is 0 Å². The van der Waals surface area contributed by atoms with Crippen LogP contribution in [0, 0.1) is 21.4 Å². The van der Waals surface area contributed by atoms with Crippen LogP contribution in [0.3, 0.4) is 0 Å². The maximum absolute atomic E-state index is 10.6. The second-order valence-electron chi connectivity index (χ2n) is 2.77. The van der Waals surface area contributed by atoms with Crippen molar-refractivity contribution in [3.8, 4) is 6.07 Å². The Balaban J connectivity index is 2.87. The van der Waals surface area contributed by atoms with Gasteiger partial charge < -0.3 is 4.98 Å². The van der Waals surface area contributed by atoms with Crippen LogP contribution >= 0.6 is 0 Å². The number of hydrogen-bond donors (Lipinski definition) is 1. The van der Waals surface area contributed by atoms with Gasteiger partial charge in [0.15, 0.2) is 0 Å². The van der Waals surface area contributed by atoms with Crippen LogP contribution in [0.5, 0.6) is 0 Å². The van der Waals surface area contributed by atoms with Crippen molar-refractivity contribution in [1.29, 1.82) is 5.26 Å². The molecule has 2 rings (SSSR count). The van der Waals surface area contributed by atoms with E-state index in [1.165, 1.54) is 12.1 Å². The van der Waals surface area contributed by atoms with Crippen molar-refractivity contribution in [2.75, 3.05) is 0 Å². The van der Waals surface area contributed by atoms with Crippen molar-refractivity contribution in [1.82, 2.24) is 4.98 Å². The van der Waals surface area contributed by atoms with E-state index in [0.717, 1.165) is 0 Å². The molecule has 0 atom stereocenters. The normalized spacial score (nSPS) is 9.93. The lowest BCUT2D eigenvalue weighted by Crippen LogP contribution is -1.90. The van der Waals surface area contributed by atoms with Crippen LogP contribution < -0.4 is 0 Å². The first-order valence-corrected chi connectivity index (χ1v) is 3.88. The molecule has 0 aliphatic heterocycles. The molecule has 0 unspecified atom stereocenters. The molecule has 0 saturated carbocycles. The average molecular weight is 187 g/mol. The molecule has 0 bridgehead atoms. The highest BCUT2D eigenvalue weighted by atomic mass is 16.6. The number of nitriles is 1. The Morgan fingerprint density at radius 2 is 2.21 bits per heavy atom. The molecular formula is C9H5N3O2. The van der Waals surface area contributed by atoms with Crippen LogP contribution in [-0.4, -0.2) is 9.91 Å². The Kier molecular flexibility index (Phi) is 1.68. The molecule has 5 nitrogen and oxygen atoms in total. The van der Waals surface area contributed by atoms with Crippen LogP contribution in [0.2, 0.25) is 0 Å².